The highest BCUT2D eigenvalue weighted by atomic mass is 19.4. The van der Waals surface area contributed by atoms with E-state index in [0.29, 0.717) is 16.6 Å². The SMILES string of the molecule is Cc1ccc(-c2ccc3c(F)c(-c4ccc5c(F)c(C#CC(F)(F)F)c(F)cc5c4)c(F)cc3c2)nc1. The molecule has 1 nitrogen and oxygen atoms in total. The van der Waals surface area contributed by atoms with Gasteiger partial charge in [-0.15, -0.1) is 0 Å². The van der Waals surface area contributed by atoms with E-state index >= 15 is 8.78 Å². The van der Waals surface area contributed by atoms with Crippen LogP contribution in [0.2, 0.25) is 0 Å². The number of aryl methyl sites for hydroxylation is 1. The lowest BCUT2D eigenvalue weighted by atomic mass is 9.95. The fourth-order valence-corrected chi connectivity index (χ4v) is 4.13. The van der Waals surface area contributed by atoms with Crippen LogP contribution in [0.4, 0.5) is 30.7 Å². The van der Waals surface area contributed by atoms with Crippen molar-refractivity contribution in [2.75, 3.05) is 0 Å². The van der Waals surface area contributed by atoms with Crippen LogP contribution in [0.15, 0.2) is 66.9 Å². The van der Waals surface area contributed by atoms with Crippen molar-refractivity contribution >= 4 is 21.5 Å². The van der Waals surface area contributed by atoms with E-state index in [1.807, 2.05) is 13.0 Å². The van der Waals surface area contributed by atoms with E-state index in [-0.39, 0.29) is 21.7 Å². The van der Waals surface area contributed by atoms with Crippen molar-refractivity contribution in [1.29, 1.82) is 0 Å². The molecule has 0 amide bonds. The number of rotatable bonds is 2. The maximum Gasteiger partial charge on any atom is 0.458 e. The van der Waals surface area contributed by atoms with E-state index in [1.54, 1.807) is 24.4 Å². The number of benzene rings is 4. The molecule has 0 fully saturated rings. The Labute approximate surface area is 206 Å². The first-order valence-corrected chi connectivity index (χ1v) is 10.9. The van der Waals surface area contributed by atoms with Gasteiger partial charge in [-0.3, -0.25) is 4.98 Å². The summed E-state index contributed by atoms with van der Waals surface area (Å²) in [6.07, 6.45) is -3.25. The Morgan fingerprint density at radius 2 is 1.32 bits per heavy atom. The molecule has 1 heterocycles. The minimum atomic E-state index is -4.93. The summed E-state index contributed by atoms with van der Waals surface area (Å²) >= 11 is 0. The smallest absolute Gasteiger partial charge is 0.256 e. The zero-order valence-corrected chi connectivity index (χ0v) is 18.9. The van der Waals surface area contributed by atoms with Gasteiger partial charge in [0.15, 0.2) is 0 Å². The van der Waals surface area contributed by atoms with Crippen molar-refractivity contribution in [1.82, 2.24) is 4.98 Å². The Hall–Kier alpha value is -4.38. The van der Waals surface area contributed by atoms with Crippen molar-refractivity contribution in [2.24, 2.45) is 0 Å². The van der Waals surface area contributed by atoms with Crippen LogP contribution >= 0.6 is 0 Å². The van der Waals surface area contributed by atoms with Gasteiger partial charge in [-0.2, -0.15) is 13.2 Å². The average Bonchev–Trinajstić information content (AvgIpc) is 2.83. The maximum absolute atomic E-state index is 15.5. The number of hydrogen-bond acceptors (Lipinski definition) is 1. The normalized spacial score (nSPS) is 11.6. The lowest BCUT2D eigenvalue weighted by molar-refractivity contribution is -0.0696. The van der Waals surface area contributed by atoms with Crippen molar-refractivity contribution < 1.29 is 30.7 Å². The molecule has 0 spiro atoms. The molecule has 4 aromatic carbocycles. The lowest BCUT2D eigenvalue weighted by Crippen LogP contribution is -2.02. The Morgan fingerprint density at radius 3 is 1.97 bits per heavy atom. The van der Waals surface area contributed by atoms with Crippen LogP contribution in [0, 0.1) is 42.0 Å². The van der Waals surface area contributed by atoms with Gasteiger partial charge in [-0.1, -0.05) is 36.3 Å². The first kappa shape index (κ1) is 24.3. The summed E-state index contributed by atoms with van der Waals surface area (Å²) in [5, 5.41) is 0.0881. The monoisotopic (exact) mass is 509 g/mol. The zero-order chi connectivity index (χ0) is 26.5. The standard InChI is InChI=1S/C29H14F7N/c1-15-2-7-25(37-14-15)16-3-5-21-18(10-16)13-24(31)26(28(21)33)17-4-6-20-19(11-17)12-23(30)22(27(20)32)8-9-29(34,35)36/h2-7,10-14H,1H3. The molecular formula is C29H14F7N. The van der Waals surface area contributed by atoms with Crippen LogP contribution in [0.1, 0.15) is 11.1 Å². The molecular weight excluding hydrogens is 495 g/mol. The number of nitrogens with zero attached hydrogens (tertiary/aromatic N) is 1. The van der Waals surface area contributed by atoms with Gasteiger partial charge in [0, 0.05) is 28.5 Å². The zero-order valence-electron chi connectivity index (χ0n) is 18.9. The van der Waals surface area contributed by atoms with Gasteiger partial charge in [0.1, 0.15) is 23.3 Å². The van der Waals surface area contributed by atoms with Crippen molar-refractivity contribution in [3.05, 3.63) is 101 Å². The molecule has 0 aliphatic rings. The molecule has 0 aliphatic heterocycles. The van der Waals surface area contributed by atoms with E-state index in [2.05, 4.69) is 4.98 Å². The molecule has 1 aromatic heterocycles. The molecule has 0 aliphatic carbocycles. The summed E-state index contributed by atoms with van der Waals surface area (Å²) in [6, 6.07) is 13.9. The predicted molar refractivity (Wildman–Crippen MR) is 128 cm³/mol. The van der Waals surface area contributed by atoms with Crippen molar-refractivity contribution in [3.63, 3.8) is 0 Å². The molecule has 5 aromatic rings. The second-order valence-corrected chi connectivity index (χ2v) is 8.44. The van der Waals surface area contributed by atoms with Gasteiger partial charge < -0.3 is 0 Å². The second kappa shape index (κ2) is 8.93. The Balaban J connectivity index is 1.62. The number of hydrogen-bond donors (Lipinski definition) is 0. The lowest BCUT2D eigenvalue weighted by Gasteiger charge is -2.12. The molecule has 5 rings (SSSR count). The minimum Gasteiger partial charge on any atom is -0.256 e. The first-order valence-electron chi connectivity index (χ1n) is 10.9. The predicted octanol–water partition coefficient (Wildman–Crippen LogP) is 8.50. The van der Waals surface area contributed by atoms with E-state index in [0.717, 1.165) is 29.7 Å². The van der Waals surface area contributed by atoms with Crippen LogP contribution in [0.5, 0.6) is 0 Å². The number of pyridine rings is 1. The van der Waals surface area contributed by atoms with Gasteiger partial charge in [0.25, 0.3) is 0 Å². The highest BCUT2D eigenvalue weighted by Gasteiger charge is 2.24. The quantitative estimate of drug-likeness (QED) is 0.172. The topological polar surface area (TPSA) is 12.9 Å². The first-order chi connectivity index (χ1) is 17.5. The number of halogens is 7. The summed E-state index contributed by atoms with van der Waals surface area (Å²) in [4.78, 5) is 4.33. The average molecular weight is 509 g/mol. The van der Waals surface area contributed by atoms with Gasteiger partial charge in [-0.05, 0) is 59.2 Å². The molecule has 0 N–H and O–H groups in total. The van der Waals surface area contributed by atoms with E-state index in [1.165, 1.54) is 24.1 Å². The van der Waals surface area contributed by atoms with Crippen LogP contribution in [-0.2, 0) is 0 Å². The Bertz CT molecular complexity index is 1760. The van der Waals surface area contributed by atoms with Gasteiger partial charge in [-0.25, -0.2) is 17.6 Å². The molecule has 0 saturated carbocycles. The summed E-state index contributed by atoms with van der Waals surface area (Å²) < 4.78 is 96.9. The van der Waals surface area contributed by atoms with Crippen LogP contribution in [0.25, 0.3) is 43.9 Å². The molecule has 184 valence electrons. The van der Waals surface area contributed by atoms with E-state index < -0.39 is 40.6 Å². The van der Waals surface area contributed by atoms with Crippen LogP contribution < -0.4 is 0 Å². The third-order valence-electron chi connectivity index (χ3n) is 5.88. The molecule has 0 bridgehead atoms. The summed E-state index contributed by atoms with van der Waals surface area (Å²) in [6.45, 7) is 1.89. The molecule has 8 heteroatoms. The summed E-state index contributed by atoms with van der Waals surface area (Å²) in [5.41, 5.74) is 0.820. The largest absolute Gasteiger partial charge is 0.458 e. The second-order valence-electron chi connectivity index (χ2n) is 8.44. The summed E-state index contributed by atoms with van der Waals surface area (Å²) in [5.74, 6) is -2.08. The molecule has 37 heavy (non-hydrogen) atoms. The highest BCUT2D eigenvalue weighted by molar-refractivity contribution is 5.94. The van der Waals surface area contributed by atoms with Crippen LogP contribution in [-0.4, -0.2) is 11.2 Å². The van der Waals surface area contributed by atoms with Crippen LogP contribution in [0.3, 0.4) is 0 Å². The van der Waals surface area contributed by atoms with E-state index in [9.17, 15) is 22.0 Å². The molecule has 0 radical (unpaired) electrons. The van der Waals surface area contributed by atoms with Crippen molar-refractivity contribution in [3.8, 4) is 34.2 Å². The fourth-order valence-electron chi connectivity index (χ4n) is 4.13. The van der Waals surface area contributed by atoms with Gasteiger partial charge >= 0.3 is 6.18 Å². The Kier molecular flexibility index (Phi) is 5.87. The fraction of sp³-hybridized carbons (Fsp3) is 0.0690. The Morgan fingerprint density at radius 1 is 0.703 bits per heavy atom. The highest BCUT2D eigenvalue weighted by Crippen LogP contribution is 2.36. The number of fused-ring (bicyclic) bond motifs is 2. The minimum absolute atomic E-state index is 0.00148. The summed E-state index contributed by atoms with van der Waals surface area (Å²) in [7, 11) is 0. The number of alkyl halides is 3. The van der Waals surface area contributed by atoms with Gasteiger partial charge in [0.05, 0.1) is 16.8 Å². The maximum atomic E-state index is 15.5. The number of aromatic nitrogens is 1. The van der Waals surface area contributed by atoms with Gasteiger partial charge in [0.2, 0.25) is 0 Å². The molecule has 0 saturated heterocycles. The third-order valence-corrected chi connectivity index (χ3v) is 5.88. The molecule has 0 unspecified atom stereocenters. The third kappa shape index (κ3) is 4.60. The van der Waals surface area contributed by atoms with E-state index in [4.69, 9.17) is 0 Å². The van der Waals surface area contributed by atoms with Crippen molar-refractivity contribution in [2.45, 2.75) is 13.1 Å². The molecule has 0 atom stereocenters.